The molecule has 0 atom stereocenters. The second-order valence-electron chi connectivity index (χ2n) is 4.01. The summed E-state index contributed by atoms with van der Waals surface area (Å²) in [4.78, 5) is 24.6. The fraction of sp³-hybridized carbons (Fsp3) is 0.455. The molecule has 1 N–H and O–H groups in total. The zero-order valence-electron chi connectivity index (χ0n) is 9.60. The molecule has 1 fully saturated rings. The van der Waals surface area contributed by atoms with E-state index in [0.29, 0.717) is 13.1 Å². The van der Waals surface area contributed by atoms with Gasteiger partial charge < -0.3 is 14.8 Å². The Kier molecular flexibility index (Phi) is 3.59. The van der Waals surface area contributed by atoms with Crippen molar-refractivity contribution in [2.24, 2.45) is 0 Å². The first-order valence-electron chi connectivity index (χ1n) is 5.57. The molecule has 1 saturated heterocycles. The number of nitrogens with one attached hydrogen (secondary N) is 1. The molecule has 5 nitrogen and oxygen atoms in total. The predicted octanol–water partition coefficient (Wildman–Crippen LogP) is 0.325. The number of carbonyl (C=O) groups is 2. The normalized spacial score (nSPS) is 15.9. The maximum Gasteiger partial charge on any atom is 0.271 e. The van der Waals surface area contributed by atoms with Crippen LogP contribution >= 0.6 is 0 Å². The fourth-order valence-corrected chi connectivity index (χ4v) is 1.89. The topological polar surface area (TPSA) is 54.3 Å². The van der Waals surface area contributed by atoms with Crippen molar-refractivity contribution in [3.8, 4) is 0 Å². The van der Waals surface area contributed by atoms with E-state index in [4.69, 9.17) is 0 Å². The highest BCUT2D eigenvalue weighted by atomic mass is 19.3. The van der Waals surface area contributed by atoms with Crippen LogP contribution in [0.3, 0.4) is 0 Å². The van der Waals surface area contributed by atoms with Gasteiger partial charge in [-0.25, -0.2) is 8.78 Å². The van der Waals surface area contributed by atoms with Gasteiger partial charge in [-0.2, -0.15) is 0 Å². The van der Waals surface area contributed by atoms with Gasteiger partial charge in [-0.15, -0.1) is 0 Å². The third kappa shape index (κ3) is 2.66. The summed E-state index contributed by atoms with van der Waals surface area (Å²) in [7, 11) is 0. The van der Waals surface area contributed by atoms with E-state index >= 15 is 0 Å². The molecule has 1 aromatic rings. The van der Waals surface area contributed by atoms with Crippen LogP contribution in [0.1, 0.15) is 10.5 Å². The third-order valence-corrected chi connectivity index (χ3v) is 2.71. The average Bonchev–Trinajstić information content (AvgIpc) is 2.75. The molecule has 2 heterocycles. The van der Waals surface area contributed by atoms with E-state index in [-0.39, 0.29) is 18.1 Å². The highest BCUT2D eigenvalue weighted by Gasteiger charge is 2.24. The first-order valence-corrected chi connectivity index (χ1v) is 5.57. The largest absolute Gasteiger partial charge is 0.353 e. The lowest BCUT2D eigenvalue weighted by Crippen LogP contribution is -2.50. The van der Waals surface area contributed by atoms with Crippen LogP contribution in [0, 0.1) is 0 Å². The summed E-state index contributed by atoms with van der Waals surface area (Å²) in [6.07, 6.45) is -1.09. The number of hydrogen-bond acceptors (Lipinski definition) is 2. The highest BCUT2D eigenvalue weighted by molar-refractivity contribution is 5.95. The number of piperazine rings is 1. The van der Waals surface area contributed by atoms with Crippen LogP contribution in [-0.2, 0) is 11.3 Å². The predicted molar refractivity (Wildman–Crippen MR) is 59.3 cm³/mol. The zero-order chi connectivity index (χ0) is 13.1. The van der Waals surface area contributed by atoms with E-state index in [9.17, 15) is 18.4 Å². The molecule has 0 bridgehead atoms. The Balaban J connectivity index is 2.13. The molecule has 0 aromatic carbocycles. The molecule has 0 unspecified atom stereocenters. The standard InChI is InChI=1S/C11H13F2N3O2/c12-9(13)6-15-4-1-2-8(15)11(18)16-5-3-14-10(17)7-16/h1-2,4,9H,3,5-7H2,(H,14,17). The molecule has 0 aliphatic carbocycles. The molecule has 18 heavy (non-hydrogen) atoms. The number of alkyl halides is 2. The second-order valence-corrected chi connectivity index (χ2v) is 4.01. The van der Waals surface area contributed by atoms with Crippen LogP contribution in [0.25, 0.3) is 0 Å². The highest BCUT2D eigenvalue weighted by Crippen LogP contribution is 2.10. The summed E-state index contributed by atoms with van der Waals surface area (Å²) >= 11 is 0. The van der Waals surface area contributed by atoms with Gasteiger partial charge in [0.05, 0.1) is 13.1 Å². The van der Waals surface area contributed by atoms with Crippen LogP contribution in [0.15, 0.2) is 18.3 Å². The average molecular weight is 257 g/mol. The van der Waals surface area contributed by atoms with Crippen LogP contribution in [0.4, 0.5) is 8.78 Å². The van der Waals surface area contributed by atoms with E-state index in [2.05, 4.69) is 5.32 Å². The summed E-state index contributed by atoms with van der Waals surface area (Å²) in [5.41, 5.74) is 0.185. The van der Waals surface area contributed by atoms with Crippen molar-refractivity contribution >= 4 is 11.8 Å². The Hall–Kier alpha value is -1.92. The number of halogens is 2. The minimum atomic E-state index is -2.52. The van der Waals surface area contributed by atoms with Crippen molar-refractivity contribution in [3.63, 3.8) is 0 Å². The zero-order valence-corrected chi connectivity index (χ0v) is 9.60. The summed E-state index contributed by atoms with van der Waals surface area (Å²) in [5, 5.41) is 2.60. The third-order valence-electron chi connectivity index (χ3n) is 2.71. The first kappa shape index (κ1) is 12.5. The van der Waals surface area contributed by atoms with Gasteiger partial charge in [0.15, 0.2) is 0 Å². The maximum absolute atomic E-state index is 12.3. The second kappa shape index (κ2) is 5.16. The lowest BCUT2D eigenvalue weighted by Gasteiger charge is -2.27. The minimum absolute atomic E-state index is 0.0291. The summed E-state index contributed by atoms with van der Waals surface area (Å²) < 4.78 is 25.9. The molecule has 1 aliphatic heterocycles. The van der Waals surface area contributed by atoms with Gasteiger partial charge >= 0.3 is 0 Å². The number of hydrogen-bond donors (Lipinski definition) is 1. The molecule has 98 valence electrons. The van der Waals surface area contributed by atoms with E-state index in [1.165, 1.54) is 21.7 Å². The molecule has 1 aromatic heterocycles. The summed E-state index contributed by atoms with van der Waals surface area (Å²) in [5.74, 6) is -0.628. The number of rotatable bonds is 3. The molecular formula is C11H13F2N3O2. The quantitative estimate of drug-likeness (QED) is 0.848. The monoisotopic (exact) mass is 257 g/mol. The molecule has 0 radical (unpaired) electrons. The molecule has 2 rings (SSSR count). The molecule has 0 saturated carbocycles. The van der Waals surface area contributed by atoms with Crippen LogP contribution in [-0.4, -0.2) is 47.3 Å². The Labute approximate surface area is 102 Å². The van der Waals surface area contributed by atoms with Crippen LogP contribution in [0.5, 0.6) is 0 Å². The van der Waals surface area contributed by atoms with Crippen molar-refractivity contribution in [2.75, 3.05) is 19.6 Å². The van der Waals surface area contributed by atoms with Crippen molar-refractivity contribution < 1.29 is 18.4 Å². The van der Waals surface area contributed by atoms with Crippen molar-refractivity contribution in [2.45, 2.75) is 13.0 Å². The van der Waals surface area contributed by atoms with Crippen LogP contribution < -0.4 is 5.32 Å². The molecule has 7 heteroatoms. The Morgan fingerprint density at radius 2 is 2.28 bits per heavy atom. The van der Waals surface area contributed by atoms with Gasteiger partial charge in [-0.3, -0.25) is 9.59 Å². The molecule has 0 spiro atoms. The van der Waals surface area contributed by atoms with Gasteiger partial charge in [0.1, 0.15) is 5.69 Å². The van der Waals surface area contributed by atoms with Crippen molar-refractivity contribution in [1.82, 2.24) is 14.8 Å². The smallest absolute Gasteiger partial charge is 0.271 e. The number of nitrogens with zero attached hydrogens (tertiary/aromatic N) is 2. The van der Waals surface area contributed by atoms with E-state index in [1.807, 2.05) is 0 Å². The lowest BCUT2D eigenvalue weighted by molar-refractivity contribution is -0.123. The fourth-order valence-electron chi connectivity index (χ4n) is 1.89. The van der Waals surface area contributed by atoms with Gasteiger partial charge in [-0.05, 0) is 12.1 Å². The lowest BCUT2D eigenvalue weighted by atomic mass is 10.3. The van der Waals surface area contributed by atoms with Gasteiger partial charge in [-0.1, -0.05) is 0 Å². The molecular weight excluding hydrogens is 244 g/mol. The van der Waals surface area contributed by atoms with E-state index in [1.54, 1.807) is 6.07 Å². The Morgan fingerprint density at radius 1 is 1.50 bits per heavy atom. The van der Waals surface area contributed by atoms with Crippen molar-refractivity contribution in [1.29, 1.82) is 0 Å². The van der Waals surface area contributed by atoms with Crippen LogP contribution in [0.2, 0.25) is 0 Å². The first-order chi connectivity index (χ1) is 8.58. The van der Waals surface area contributed by atoms with E-state index < -0.39 is 18.9 Å². The minimum Gasteiger partial charge on any atom is -0.353 e. The van der Waals surface area contributed by atoms with E-state index in [0.717, 1.165) is 0 Å². The summed E-state index contributed by atoms with van der Waals surface area (Å²) in [6, 6.07) is 3.02. The maximum atomic E-state index is 12.3. The SMILES string of the molecule is O=C1CN(C(=O)c2cccn2CC(F)F)CCN1. The number of aromatic nitrogens is 1. The van der Waals surface area contributed by atoms with Gasteiger partial charge in [0.2, 0.25) is 5.91 Å². The molecule has 2 amide bonds. The summed E-state index contributed by atoms with van der Waals surface area (Å²) in [6.45, 7) is 0.233. The van der Waals surface area contributed by atoms with Gasteiger partial charge in [0.25, 0.3) is 12.3 Å². The Morgan fingerprint density at radius 3 is 2.94 bits per heavy atom. The van der Waals surface area contributed by atoms with Gasteiger partial charge in [0, 0.05) is 19.3 Å². The molecule has 1 aliphatic rings. The Bertz CT molecular complexity index is 459. The number of amides is 2. The number of carbonyl (C=O) groups excluding carboxylic acids is 2. The van der Waals surface area contributed by atoms with Crippen molar-refractivity contribution in [3.05, 3.63) is 24.0 Å².